The molecule has 0 amide bonds. The van der Waals surface area contributed by atoms with E-state index in [2.05, 4.69) is 244 Å². The fourth-order valence-corrected chi connectivity index (χ4v) is 12.2. The zero-order chi connectivity index (χ0) is 43.0. The summed E-state index contributed by atoms with van der Waals surface area (Å²) < 4.78 is 0. The highest BCUT2D eigenvalue weighted by Crippen LogP contribution is 2.64. The number of para-hydroxylation sites is 2. The lowest BCUT2D eigenvalue weighted by Gasteiger charge is -2.48. The molecule has 0 saturated heterocycles. The molecule has 10 aromatic carbocycles. The third-order valence-electron chi connectivity index (χ3n) is 15.1. The van der Waals surface area contributed by atoms with E-state index in [-0.39, 0.29) is 5.41 Å². The van der Waals surface area contributed by atoms with Gasteiger partial charge in [-0.15, -0.1) is 0 Å². The number of rotatable bonds is 4. The number of benzene rings is 10. The third-order valence-corrected chi connectivity index (χ3v) is 15.1. The van der Waals surface area contributed by atoms with Gasteiger partial charge in [-0.25, -0.2) is 0 Å². The summed E-state index contributed by atoms with van der Waals surface area (Å²) in [5, 5.41) is 6.41. The van der Waals surface area contributed by atoms with Crippen LogP contribution in [0, 0.1) is 0 Å². The smallest absolute Gasteiger partial charge is 0.197 e. The second kappa shape index (κ2) is 13.3. The van der Waals surface area contributed by atoms with E-state index < -0.39 is 5.41 Å². The molecule has 14 rings (SSSR count). The molecule has 2 aliphatic heterocycles. The SMILES string of the molecule is CC1(C)c2ccccc2-c2c1cc1c(c2-c2cc3ccccc3cc2Nc2ccc(-c3ccccc3)cc2)[B]c2cccc3c2N1c1ccccc1C31c2ccccc2-c2ccccc21. The molecule has 1 radical (unpaired) electrons. The van der Waals surface area contributed by atoms with E-state index in [1.807, 2.05) is 0 Å². The predicted molar refractivity (Wildman–Crippen MR) is 273 cm³/mol. The molecule has 10 aromatic rings. The Morgan fingerprint density at radius 3 is 1.74 bits per heavy atom. The molecular weight excluding hydrogens is 784 g/mol. The van der Waals surface area contributed by atoms with Crippen molar-refractivity contribution in [3.05, 3.63) is 246 Å². The number of nitrogens with zero attached hydrogens (tertiary/aromatic N) is 1. The summed E-state index contributed by atoms with van der Waals surface area (Å²) in [5.41, 5.74) is 25.7. The van der Waals surface area contributed by atoms with E-state index >= 15 is 0 Å². The quantitative estimate of drug-likeness (QED) is 0.178. The van der Waals surface area contributed by atoms with Gasteiger partial charge in [-0.3, -0.25) is 0 Å². The molecule has 65 heavy (non-hydrogen) atoms. The lowest BCUT2D eigenvalue weighted by molar-refractivity contribution is 0.660. The Morgan fingerprint density at radius 2 is 1.00 bits per heavy atom. The van der Waals surface area contributed by atoms with Crippen LogP contribution >= 0.6 is 0 Å². The minimum Gasteiger partial charge on any atom is -0.355 e. The first kappa shape index (κ1) is 36.6. The molecule has 0 bridgehead atoms. The number of hydrogen-bond donors (Lipinski definition) is 1. The zero-order valence-electron chi connectivity index (χ0n) is 36.2. The Labute approximate surface area is 380 Å². The summed E-state index contributed by atoms with van der Waals surface area (Å²) in [5.74, 6) is 0. The van der Waals surface area contributed by atoms with Gasteiger partial charge >= 0.3 is 0 Å². The first-order valence-electron chi connectivity index (χ1n) is 22.8. The third kappa shape index (κ3) is 4.90. The molecule has 3 heteroatoms. The Hall–Kier alpha value is -7.88. The van der Waals surface area contributed by atoms with Crippen molar-refractivity contribution >= 4 is 57.4 Å². The molecule has 2 heterocycles. The van der Waals surface area contributed by atoms with Crippen molar-refractivity contribution in [2.75, 3.05) is 10.2 Å². The largest absolute Gasteiger partial charge is 0.355 e. The van der Waals surface area contributed by atoms with Crippen LogP contribution in [0.5, 0.6) is 0 Å². The highest BCUT2D eigenvalue weighted by molar-refractivity contribution is 6.73. The summed E-state index contributed by atoms with van der Waals surface area (Å²) in [6, 6.07) is 79.2. The summed E-state index contributed by atoms with van der Waals surface area (Å²) in [7, 11) is 2.51. The number of nitrogens with one attached hydrogen (secondary N) is 1. The van der Waals surface area contributed by atoms with Crippen molar-refractivity contribution in [1.29, 1.82) is 0 Å². The van der Waals surface area contributed by atoms with E-state index in [1.54, 1.807) is 0 Å². The van der Waals surface area contributed by atoms with Gasteiger partial charge in [-0.2, -0.15) is 0 Å². The van der Waals surface area contributed by atoms with Gasteiger partial charge in [0.25, 0.3) is 0 Å². The van der Waals surface area contributed by atoms with Crippen LogP contribution in [0.15, 0.2) is 212 Å². The molecule has 0 aromatic heterocycles. The average Bonchev–Trinajstić information content (AvgIpc) is 3.77. The van der Waals surface area contributed by atoms with Crippen LogP contribution in [0.1, 0.15) is 47.2 Å². The van der Waals surface area contributed by atoms with Crippen LogP contribution in [0.3, 0.4) is 0 Å². The standard InChI is InChI=1S/C62H42BN2/c1-61(2)47-24-11-10-23-45(47)57-52(61)37-56-59(58(57)46-35-40-19-6-7-20-41(40)36-54(46)64-42-33-31-39(32-34-42)38-17-4-3-5-18-38)63-53-29-16-28-51-60(53)65(56)55-30-15-14-27-50(55)62(51)48-25-12-8-21-43(48)44-22-9-13-26-49(44)62/h3-37,64H,1-2H3. The van der Waals surface area contributed by atoms with E-state index in [9.17, 15) is 0 Å². The van der Waals surface area contributed by atoms with Gasteiger partial charge in [-0.05, 0) is 125 Å². The van der Waals surface area contributed by atoms with Gasteiger partial charge < -0.3 is 10.2 Å². The number of anilines is 5. The second-order valence-electron chi connectivity index (χ2n) is 18.7. The minimum atomic E-state index is -0.475. The molecule has 0 saturated carbocycles. The summed E-state index contributed by atoms with van der Waals surface area (Å²) >= 11 is 0. The van der Waals surface area contributed by atoms with Gasteiger partial charge in [-0.1, -0.05) is 195 Å². The molecule has 2 aliphatic carbocycles. The van der Waals surface area contributed by atoms with E-state index in [4.69, 9.17) is 0 Å². The highest BCUT2D eigenvalue weighted by Gasteiger charge is 2.53. The van der Waals surface area contributed by atoms with Crippen LogP contribution in [0.2, 0.25) is 0 Å². The van der Waals surface area contributed by atoms with Gasteiger partial charge in [0, 0.05) is 33.7 Å². The van der Waals surface area contributed by atoms with Gasteiger partial charge in [0.05, 0.1) is 11.1 Å². The molecule has 303 valence electrons. The fourth-order valence-electron chi connectivity index (χ4n) is 12.2. The molecule has 4 aliphatic rings. The van der Waals surface area contributed by atoms with Crippen LogP contribution < -0.4 is 21.1 Å². The monoisotopic (exact) mass is 825 g/mol. The first-order valence-corrected chi connectivity index (χ1v) is 22.8. The summed E-state index contributed by atoms with van der Waals surface area (Å²) in [6.45, 7) is 4.83. The van der Waals surface area contributed by atoms with Crippen molar-refractivity contribution in [3.8, 4) is 44.5 Å². The maximum atomic E-state index is 3.99. The summed E-state index contributed by atoms with van der Waals surface area (Å²) in [4.78, 5) is 2.63. The summed E-state index contributed by atoms with van der Waals surface area (Å²) in [6.07, 6.45) is 0. The van der Waals surface area contributed by atoms with Gasteiger partial charge in [0.1, 0.15) is 0 Å². The van der Waals surface area contributed by atoms with Gasteiger partial charge in [0.2, 0.25) is 0 Å². The van der Waals surface area contributed by atoms with Crippen LogP contribution in [0.25, 0.3) is 55.3 Å². The maximum absolute atomic E-state index is 3.99. The Bertz CT molecular complexity index is 3590. The molecule has 2 nitrogen and oxygen atoms in total. The first-order chi connectivity index (χ1) is 32.0. The highest BCUT2D eigenvalue weighted by atomic mass is 15.2. The Kier molecular flexibility index (Phi) is 7.50. The normalized spacial score (nSPS) is 14.6. The molecule has 1 spiro atoms. The molecule has 1 N–H and O–H groups in total. The van der Waals surface area contributed by atoms with Crippen molar-refractivity contribution in [2.45, 2.75) is 24.7 Å². The number of hydrogen-bond acceptors (Lipinski definition) is 2. The van der Waals surface area contributed by atoms with Crippen molar-refractivity contribution in [1.82, 2.24) is 0 Å². The molecule has 0 atom stereocenters. The lowest BCUT2D eigenvalue weighted by Crippen LogP contribution is -2.47. The number of fused-ring (bicyclic) bond motifs is 15. The van der Waals surface area contributed by atoms with Crippen molar-refractivity contribution < 1.29 is 0 Å². The van der Waals surface area contributed by atoms with E-state index in [1.165, 1.54) is 117 Å². The zero-order valence-corrected chi connectivity index (χ0v) is 36.2. The lowest BCUT2D eigenvalue weighted by atomic mass is 9.54. The maximum Gasteiger partial charge on any atom is 0.197 e. The molecule has 0 unspecified atom stereocenters. The van der Waals surface area contributed by atoms with Crippen LogP contribution in [-0.4, -0.2) is 7.28 Å². The van der Waals surface area contributed by atoms with E-state index in [0.717, 1.165) is 11.4 Å². The molecule has 0 fully saturated rings. The Balaban J connectivity index is 1.06. The predicted octanol–water partition coefficient (Wildman–Crippen LogP) is 14.3. The van der Waals surface area contributed by atoms with Crippen LogP contribution in [0.4, 0.5) is 28.4 Å². The minimum absolute atomic E-state index is 0.243. The van der Waals surface area contributed by atoms with Gasteiger partial charge in [0.15, 0.2) is 7.28 Å². The fraction of sp³-hybridized carbons (Fsp3) is 0.0645. The van der Waals surface area contributed by atoms with Crippen LogP contribution in [-0.2, 0) is 10.8 Å². The molecular formula is C62H42BN2. The van der Waals surface area contributed by atoms with Crippen molar-refractivity contribution in [2.24, 2.45) is 0 Å². The second-order valence-corrected chi connectivity index (χ2v) is 18.7. The average molecular weight is 826 g/mol. The van der Waals surface area contributed by atoms with Crippen molar-refractivity contribution in [3.63, 3.8) is 0 Å². The topological polar surface area (TPSA) is 15.3 Å². The van der Waals surface area contributed by atoms with E-state index in [0.29, 0.717) is 0 Å². The Morgan fingerprint density at radius 1 is 0.415 bits per heavy atom.